The van der Waals surface area contributed by atoms with Gasteiger partial charge in [-0.15, -0.1) is 10.2 Å². The van der Waals surface area contributed by atoms with E-state index in [0.29, 0.717) is 35.1 Å². The summed E-state index contributed by atoms with van der Waals surface area (Å²) in [6.07, 6.45) is 4.94. The quantitative estimate of drug-likeness (QED) is 0.579. The van der Waals surface area contributed by atoms with E-state index in [0.717, 1.165) is 38.8 Å². The standard InChI is InChI=1S/C25H29FN6O2/c1-16-5-4-12-34-22-14-20(26)18(17-8-10-31(2)11-9-17)13-19(22)25(33)29-23-7-3-6-21(28-23)24-30-27-15-32(16)24/h3,6-7,13-17H,4-5,8-12H2,1-2H3,(H,28,29,33)/t16-/m0/s1. The van der Waals surface area contributed by atoms with Crippen LogP contribution in [0.2, 0.25) is 0 Å². The van der Waals surface area contributed by atoms with E-state index in [1.165, 1.54) is 6.07 Å². The summed E-state index contributed by atoms with van der Waals surface area (Å²) in [7, 11) is 2.07. The molecule has 0 spiro atoms. The summed E-state index contributed by atoms with van der Waals surface area (Å²) in [5, 5.41) is 11.2. The van der Waals surface area contributed by atoms with Gasteiger partial charge in [0.2, 0.25) is 0 Å². The molecule has 1 aromatic carbocycles. The van der Waals surface area contributed by atoms with Crippen LogP contribution in [-0.2, 0) is 0 Å². The second-order valence-corrected chi connectivity index (χ2v) is 9.21. The molecule has 4 heterocycles. The van der Waals surface area contributed by atoms with Gasteiger partial charge in [0.15, 0.2) is 5.82 Å². The number of ether oxygens (including phenoxy) is 1. The molecule has 1 atom stereocenters. The summed E-state index contributed by atoms with van der Waals surface area (Å²) in [4.78, 5) is 20.2. The molecule has 2 aromatic heterocycles. The Morgan fingerprint density at radius 1 is 1.18 bits per heavy atom. The van der Waals surface area contributed by atoms with Crippen molar-refractivity contribution in [3.05, 3.63) is 53.6 Å². The molecule has 9 heteroatoms. The molecular weight excluding hydrogens is 435 g/mol. The Morgan fingerprint density at radius 3 is 2.82 bits per heavy atom. The van der Waals surface area contributed by atoms with E-state index in [4.69, 9.17) is 4.74 Å². The molecule has 0 aliphatic carbocycles. The van der Waals surface area contributed by atoms with Crippen molar-refractivity contribution in [2.75, 3.05) is 32.1 Å². The lowest BCUT2D eigenvalue weighted by Crippen LogP contribution is -2.29. The first-order valence-corrected chi connectivity index (χ1v) is 11.8. The van der Waals surface area contributed by atoms with Crippen molar-refractivity contribution < 1.29 is 13.9 Å². The number of benzene rings is 1. The Bertz CT molecular complexity index is 1190. The molecule has 2 aliphatic heterocycles. The third-order valence-electron chi connectivity index (χ3n) is 6.79. The number of rotatable bonds is 1. The van der Waals surface area contributed by atoms with E-state index < -0.39 is 0 Å². The number of hydrogen-bond acceptors (Lipinski definition) is 6. The first kappa shape index (κ1) is 22.5. The van der Waals surface area contributed by atoms with Crippen molar-refractivity contribution in [2.24, 2.45) is 0 Å². The van der Waals surface area contributed by atoms with Gasteiger partial charge in [0, 0.05) is 12.1 Å². The summed E-state index contributed by atoms with van der Waals surface area (Å²) >= 11 is 0. The fourth-order valence-electron chi connectivity index (χ4n) is 4.76. The number of piperidine rings is 1. The average molecular weight is 465 g/mol. The van der Waals surface area contributed by atoms with Crippen LogP contribution in [0.4, 0.5) is 10.2 Å². The number of fused-ring (bicyclic) bond motifs is 5. The monoisotopic (exact) mass is 464 g/mol. The predicted octanol–water partition coefficient (Wildman–Crippen LogP) is 4.27. The van der Waals surface area contributed by atoms with Crippen LogP contribution in [0.5, 0.6) is 5.75 Å². The highest BCUT2D eigenvalue weighted by atomic mass is 19.1. The molecule has 0 unspecified atom stereocenters. The number of pyridine rings is 1. The number of carbonyl (C=O) groups excluding carboxylic acids is 1. The molecule has 3 aromatic rings. The van der Waals surface area contributed by atoms with E-state index in [1.54, 1.807) is 18.5 Å². The first-order valence-electron chi connectivity index (χ1n) is 11.8. The molecule has 1 saturated heterocycles. The Balaban J connectivity index is 1.52. The van der Waals surface area contributed by atoms with Gasteiger partial charge in [-0.2, -0.15) is 0 Å². The van der Waals surface area contributed by atoms with Crippen molar-refractivity contribution in [3.63, 3.8) is 0 Å². The summed E-state index contributed by atoms with van der Waals surface area (Å²) in [5.74, 6) is 0.686. The van der Waals surface area contributed by atoms with Gasteiger partial charge < -0.3 is 19.5 Å². The number of aromatic nitrogens is 4. The summed E-state index contributed by atoms with van der Waals surface area (Å²) in [6, 6.07) is 8.56. The highest BCUT2D eigenvalue weighted by molar-refractivity contribution is 6.06. The summed E-state index contributed by atoms with van der Waals surface area (Å²) in [5.41, 5.74) is 1.53. The molecule has 178 valence electrons. The maximum Gasteiger partial charge on any atom is 0.260 e. The summed E-state index contributed by atoms with van der Waals surface area (Å²) in [6.45, 7) is 4.28. The van der Waals surface area contributed by atoms with E-state index in [2.05, 4.69) is 39.4 Å². The zero-order valence-corrected chi connectivity index (χ0v) is 19.5. The molecule has 5 rings (SSSR count). The van der Waals surface area contributed by atoms with E-state index >= 15 is 4.39 Å². The average Bonchev–Trinajstić information content (AvgIpc) is 3.32. The van der Waals surface area contributed by atoms with Crippen LogP contribution in [0.15, 0.2) is 36.7 Å². The van der Waals surface area contributed by atoms with Gasteiger partial charge in [0.05, 0.1) is 12.2 Å². The number of carbonyl (C=O) groups is 1. The largest absolute Gasteiger partial charge is 0.493 e. The predicted molar refractivity (Wildman–Crippen MR) is 127 cm³/mol. The van der Waals surface area contributed by atoms with Crippen molar-refractivity contribution in [1.29, 1.82) is 0 Å². The molecule has 0 radical (unpaired) electrons. The fraction of sp³-hybridized carbons (Fsp3) is 0.440. The maximum absolute atomic E-state index is 15.2. The lowest BCUT2D eigenvalue weighted by Gasteiger charge is -2.29. The van der Waals surface area contributed by atoms with Crippen LogP contribution in [0.1, 0.15) is 60.5 Å². The fourth-order valence-corrected chi connectivity index (χ4v) is 4.76. The number of likely N-dealkylation sites (tertiary alicyclic amines) is 1. The van der Waals surface area contributed by atoms with Gasteiger partial charge in [-0.3, -0.25) is 4.79 Å². The van der Waals surface area contributed by atoms with Crippen LogP contribution >= 0.6 is 0 Å². The third-order valence-corrected chi connectivity index (χ3v) is 6.79. The number of nitrogens with one attached hydrogen (secondary N) is 1. The Hall–Kier alpha value is -3.33. The Labute approximate surface area is 198 Å². The molecule has 34 heavy (non-hydrogen) atoms. The molecule has 0 saturated carbocycles. The highest BCUT2D eigenvalue weighted by Crippen LogP contribution is 2.34. The van der Waals surface area contributed by atoms with Crippen LogP contribution < -0.4 is 10.1 Å². The van der Waals surface area contributed by atoms with Crippen LogP contribution in [-0.4, -0.2) is 57.3 Å². The second-order valence-electron chi connectivity index (χ2n) is 9.21. The lowest BCUT2D eigenvalue weighted by atomic mass is 9.88. The second kappa shape index (κ2) is 9.50. The van der Waals surface area contributed by atoms with Crippen molar-refractivity contribution in [2.45, 2.75) is 44.6 Å². The first-order chi connectivity index (χ1) is 16.5. The number of amides is 1. The van der Waals surface area contributed by atoms with Crippen LogP contribution in [0.3, 0.4) is 0 Å². The number of nitrogens with zero attached hydrogens (tertiary/aromatic N) is 5. The number of hydrogen-bond donors (Lipinski definition) is 1. The van der Waals surface area contributed by atoms with Gasteiger partial charge in [-0.1, -0.05) is 6.07 Å². The molecular formula is C25H29FN6O2. The molecule has 2 aliphatic rings. The van der Waals surface area contributed by atoms with Gasteiger partial charge in [-0.25, -0.2) is 9.37 Å². The zero-order valence-electron chi connectivity index (χ0n) is 19.5. The molecule has 1 N–H and O–H groups in total. The van der Waals surface area contributed by atoms with E-state index in [-0.39, 0.29) is 29.4 Å². The Kier molecular flexibility index (Phi) is 6.28. The molecule has 2 bridgehead atoms. The van der Waals surface area contributed by atoms with Crippen molar-refractivity contribution >= 4 is 11.7 Å². The smallest absolute Gasteiger partial charge is 0.260 e. The van der Waals surface area contributed by atoms with E-state index in [1.807, 2.05) is 16.7 Å². The minimum Gasteiger partial charge on any atom is -0.493 e. The SMILES string of the molecule is C[C@H]1CCCOc2cc(F)c(C3CCN(C)CC3)cc2C(=O)Nc2cccc(n2)-c2nncn21. The van der Waals surface area contributed by atoms with Gasteiger partial charge in [-0.05, 0) is 82.4 Å². The minimum absolute atomic E-state index is 0.0797. The molecule has 1 amide bonds. The van der Waals surface area contributed by atoms with Gasteiger partial charge >= 0.3 is 0 Å². The third kappa shape index (κ3) is 4.52. The topological polar surface area (TPSA) is 85.2 Å². The van der Waals surface area contributed by atoms with E-state index in [9.17, 15) is 4.79 Å². The van der Waals surface area contributed by atoms with Gasteiger partial charge in [0.1, 0.15) is 29.4 Å². The van der Waals surface area contributed by atoms with Gasteiger partial charge in [0.25, 0.3) is 5.91 Å². The van der Waals surface area contributed by atoms with Crippen molar-refractivity contribution in [1.82, 2.24) is 24.6 Å². The summed E-state index contributed by atoms with van der Waals surface area (Å²) < 4.78 is 23.1. The normalized spacial score (nSPS) is 20.0. The lowest BCUT2D eigenvalue weighted by molar-refractivity contribution is 0.102. The molecule has 1 fully saturated rings. The van der Waals surface area contributed by atoms with Crippen LogP contribution in [0, 0.1) is 5.82 Å². The zero-order chi connectivity index (χ0) is 23.7. The minimum atomic E-state index is -0.374. The Morgan fingerprint density at radius 2 is 2.00 bits per heavy atom. The van der Waals surface area contributed by atoms with Crippen molar-refractivity contribution in [3.8, 4) is 17.3 Å². The maximum atomic E-state index is 15.2. The number of anilines is 1. The van der Waals surface area contributed by atoms with Crippen LogP contribution in [0.25, 0.3) is 11.5 Å². The molecule has 8 nitrogen and oxygen atoms in total. The highest BCUT2D eigenvalue weighted by Gasteiger charge is 2.25. The number of halogens is 1.